The zero-order valence-electron chi connectivity index (χ0n) is 18.8. The molecule has 1 aliphatic carbocycles. The summed E-state index contributed by atoms with van der Waals surface area (Å²) in [6.07, 6.45) is 7.18. The largest absolute Gasteiger partial charge is 0.504 e. The minimum Gasteiger partial charge on any atom is -0.504 e. The van der Waals surface area contributed by atoms with Gasteiger partial charge in [0.15, 0.2) is 0 Å². The number of fused-ring (bicyclic) bond motifs is 3. The zero-order chi connectivity index (χ0) is 21.2. The molecule has 0 N–H and O–H groups in total. The van der Waals surface area contributed by atoms with Crippen LogP contribution < -0.4 is 4.74 Å². The number of ether oxygens (including phenoxy) is 3. The molecule has 1 aromatic carbocycles. The van der Waals surface area contributed by atoms with Crippen LogP contribution in [0.5, 0.6) is 5.75 Å². The van der Waals surface area contributed by atoms with Crippen molar-refractivity contribution >= 4 is 5.97 Å². The molecule has 1 saturated carbocycles. The van der Waals surface area contributed by atoms with Crippen LogP contribution in [0.15, 0.2) is 30.0 Å². The molecule has 0 bridgehead atoms. The van der Waals surface area contributed by atoms with Crippen LogP contribution in [0.2, 0.25) is 0 Å². The molecule has 1 aromatic rings. The highest BCUT2D eigenvalue weighted by Crippen LogP contribution is 2.54. The van der Waals surface area contributed by atoms with Gasteiger partial charge in [-0.15, -0.1) is 0 Å². The van der Waals surface area contributed by atoms with Gasteiger partial charge in [-0.25, -0.2) is 0 Å². The Kier molecular flexibility index (Phi) is 6.30. The lowest BCUT2D eigenvalue weighted by Crippen LogP contribution is -2.47. The average molecular weight is 401 g/mol. The molecule has 3 rings (SSSR count). The lowest BCUT2D eigenvalue weighted by Gasteiger charge is -2.48. The molecule has 160 valence electrons. The number of methoxy groups -OCH3 is 1. The second kappa shape index (κ2) is 8.41. The topological polar surface area (TPSA) is 44.8 Å². The average Bonchev–Trinajstić information content (AvgIpc) is 2.67. The number of hydrogen-bond donors (Lipinski definition) is 0. The first-order chi connectivity index (χ1) is 13.7. The minimum absolute atomic E-state index is 0.179. The standard InChI is InChI=1S/C25H36O4/c1-7-8-14-28-23(26)24(2,3)18-12-13-19-20-11-9-10-17(16-27-6)22(20)25(4,5)29-21(19)15-18/h12-13,15-16,20,22H,7-11,14H2,1-6H3/t20-,22+/m1/s1. The van der Waals surface area contributed by atoms with Crippen LogP contribution in [0, 0.1) is 5.92 Å². The summed E-state index contributed by atoms with van der Waals surface area (Å²) in [5.74, 6) is 1.45. The second-order valence-corrected chi connectivity index (χ2v) is 9.48. The summed E-state index contributed by atoms with van der Waals surface area (Å²) in [6.45, 7) is 10.8. The number of carbonyl (C=O) groups is 1. The van der Waals surface area contributed by atoms with Gasteiger partial charge < -0.3 is 14.2 Å². The Hall–Kier alpha value is -1.97. The van der Waals surface area contributed by atoms with Gasteiger partial charge >= 0.3 is 5.97 Å². The van der Waals surface area contributed by atoms with E-state index in [-0.39, 0.29) is 11.6 Å². The number of unbranched alkanes of at least 4 members (excludes halogenated alkanes) is 1. The van der Waals surface area contributed by atoms with Crippen molar-refractivity contribution in [3.8, 4) is 5.75 Å². The van der Waals surface area contributed by atoms with Gasteiger partial charge in [0.25, 0.3) is 0 Å². The predicted octanol–water partition coefficient (Wildman–Crippen LogP) is 5.89. The minimum atomic E-state index is -0.708. The van der Waals surface area contributed by atoms with E-state index in [1.807, 2.05) is 20.1 Å². The Morgan fingerprint density at radius 3 is 2.79 bits per heavy atom. The Balaban J connectivity index is 1.93. The highest BCUT2D eigenvalue weighted by atomic mass is 16.5. The highest BCUT2D eigenvalue weighted by molar-refractivity contribution is 5.82. The summed E-state index contributed by atoms with van der Waals surface area (Å²) < 4.78 is 17.4. The molecule has 2 aliphatic rings. The molecule has 0 unspecified atom stereocenters. The summed E-state index contributed by atoms with van der Waals surface area (Å²) in [6, 6.07) is 6.30. The SMILES string of the molecule is CCCCOC(=O)C(C)(C)c1ccc2c(c1)OC(C)(C)[C@H]1C(=COC)CCC[C@H]21. The maximum Gasteiger partial charge on any atom is 0.315 e. The maximum atomic E-state index is 12.7. The quantitative estimate of drug-likeness (QED) is 0.339. The van der Waals surface area contributed by atoms with E-state index in [2.05, 4.69) is 39.0 Å². The first-order valence-corrected chi connectivity index (χ1v) is 10.9. The first kappa shape index (κ1) is 21.7. The van der Waals surface area contributed by atoms with E-state index in [9.17, 15) is 4.79 Å². The second-order valence-electron chi connectivity index (χ2n) is 9.48. The summed E-state index contributed by atoms with van der Waals surface area (Å²) >= 11 is 0. The van der Waals surface area contributed by atoms with E-state index in [4.69, 9.17) is 14.2 Å². The molecule has 4 heteroatoms. The van der Waals surface area contributed by atoms with Crippen molar-refractivity contribution in [2.45, 2.75) is 83.7 Å². The maximum absolute atomic E-state index is 12.7. The Bertz CT molecular complexity index is 775. The first-order valence-electron chi connectivity index (χ1n) is 10.9. The summed E-state index contributed by atoms with van der Waals surface area (Å²) in [4.78, 5) is 12.7. The van der Waals surface area contributed by atoms with Crippen LogP contribution in [0.1, 0.15) is 83.8 Å². The molecule has 0 aromatic heterocycles. The van der Waals surface area contributed by atoms with Crippen molar-refractivity contribution in [3.63, 3.8) is 0 Å². The molecular formula is C25H36O4. The van der Waals surface area contributed by atoms with Crippen molar-refractivity contribution in [2.75, 3.05) is 13.7 Å². The summed E-state index contributed by atoms with van der Waals surface area (Å²) in [5.41, 5.74) is 2.49. The predicted molar refractivity (Wildman–Crippen MR) is 115 cm³/mol. The zero-order valence-corrected chi connectivity index (χ0v) is 18.8. The fourth-order valence-corrected chi connectivity index (χ4v) is 4.93. The molecule has 2 atom stereocenters. The Morgan fingerprint density at radius 1 is 1.34 bits per heavy atom. The lowest BCUT2D eigenvalue weighted by molar-refractivity contribution is -0.149. The van der Waals surface area contributed by atoms with Crippen LogP contribution in [0.25, 0.3) is 0 Å². The van der Waals surface area contributed by atoms with Gasteiger partial charge in [0, 0.05) is 5.92 Å². The molecular weight excluding hydrogens is 364 g/mol. The molecule has 1 fully saturated rings. The molecule has 0 saturated heterocycles. The summed E-state index contributed by atoms with van der Waals surface area (Å²) in [7, 11) is 1.72. The molecule has 4 nitrogen and oxygen atoms in total. The number of carbonyl (C=O) groups excluding carboxylic acids is 1. The molecule has 0 radical (unpaired) electrons. The highest BCUT2D eigenvalue weighted by Gasteiger charge is 2.47. The third-order valence-electron chi connectivity index (χ3n) is 6.55. The Morgan fingerprint density at radius 2 is 2.10 bits per heavy atom. The van der Waals surface area contributed by atoms with Crippen LogP contribution in [-0.4, -0.2) is 25.3 Å². The molecule has 0 spiro atoms. The third kappa shape index (κ3) is 4.17. The number of rotatable bonds is 6. The Labute approximate surface area is 175 Å². The van der Waals surface area contributed by atoms with Gasteiger partial charge in [-0.2, -0.15) is 0 Å². The fourth-order valence-electron chi connectivity index (χ4n) is 4.93. The smallest absolute Gasteiger partial charge is 0.315 e. The van der Waals surface area contributed by atoms with E-state index in [1.165, 1.54) is 11.1 Å². The van der Waals surface area contributed by atoms with Gasteiger partial charge in [-0.1, -0.05) is 25.5 Å². The van der Waals surface area contributed by atoms with Gasteiger partial charge in [-0.3, -0.25) is 4.79 Å². The number of benzene rings is 1. The van der Waals surface area contributed by atoms with Crippen LogP contribution >= 0.6 is 0 Å². The van der Waals surface area contributed by atoms with Crippen LogP contribution in [0.3, 0.4) is 0 Å². The molecule has 1 heterocycles. The van der Waals surface area contributed by atoms with Crippen molar-refractivity contribution in [1.29, 1.82) is 0 Å². The van der Waals surface area contributed by atoms with Gasteiger partial charge in [0.05, 0.1) is 25.4 Å². The number of hydrogen-bond acceptors (Lipinski definition) is 4. The normalized spacial score (nSPS) is 24.3. The molecule has 0 amide bonds. The third-order valence-corrected chi connectivity index (χ3v) is 6.55. The van der Waals surface area contributed by atoms with E-state index in [0.717, 1.165) is 43.4 Å². The van der Waals surface area contributed by atoms with Crippen LogP contribution in [-0.2, 0) is 19.7 Å². The number of esters is 1. The van der Waals surface area contributed by atoms with Crippen molar-refractivity contribution in [2.24, 2.45) is 5.92 Å². The van der Waals surface area contributed by atoms with E-state index < -0.39 is 5.41 Å². The van der Waals surface area contributed by atoms with Crippen molar-refractivity contribution in [3.05, 3.63) is 41.2 Å². The molecule has 29 heavy (non-hydrogen) atoms. The molecule has 1 aliphatic heterocycles. The summed E-state index contributed by atoms with van der Waals surface area (Å²) in [5, 5.41) is 0. The van der Waals surface area contributed by atoms with Gasteiger partial charge in [-0.05, 0) is 82.1 Å². The van der Waals surface area contributed by atoms with Crippen LogP contribution in [0.4, 0.5) is 0 Å². The van der Waals surface area contributed by atoms with Gasteiger partial charge in [0.2, 0.25) is 0 Å². The van der Waals surface area contributed by atoms with E-state index in [1.54, 1.807) is 7.11 Å². The monoisotopic (exact) mass is 400 g/mol. The van der Waals surface area contributed by atoms with Crippen molar-refractivity contribution < 1.29 is 19.0 Å². The van der Waals surface area contributed by atoms with Gasteiger partial charge in [0.1, 0.15) is 11.4 Å². The fraction of sp³-hybridized carbons (Fsp3) is 0.640. The van der Waals surface area contributed by atoms with Crippen molar-refractivity contribution in [1.82, 2.24) is 0 Å². The van der Waals surface area contributed by atoms with E-state index >= 15 is 0 Å². The van der Waals surface area contributed by atoms with E-state index in [0.29, 0.717) is 18.4 Å². The lowest BCUT2D eigenvalue weighted by atomic mass is 9.64.